The summed E-state index contributed by atoms with van der Waals surface area (Å²) in [6.07, 6.45) is 6.84. The predicted molar refractivity (Wildman–Crippen MR) is 99.0 cm³/mol. The van der Waals surface area contributed by atoms with E-state index in [0.29, 0.717) is 6.54 Å². The Labute approximate surface area is 162 Å². The maximum absolute atomic E-state index is 13.6. The summed E-state index contributed by atoms with van der Waals surface area (Å²) in [6, 6.07) is 3.65. The zero-order valence-electron chi connectivity index (χ0n) is 16.1. The highest BCUT2D eigenvalue weighted by molar-refractivity contribution is 5.91. The molecule has 2 aromatic rings. The van der Waals surface area contributed by atoms with Crippen LogP contribution in [0.2, 0.25) is 0 Å². The average Bonchev–Trinajstić information content (AvgIpc) is 3.17. The number of amides is 1. The lowest BCUT2D eigenvalue weighted by molar-refractivity contribution is 0.0796. The van der Waals surface area contributed by atoms with Crippen molar-refractivity contribution in [2.45, 2.75) is 44.2 Å². The Kier molecular flexibility index (Phi) is 6.28. The Morgan fingerprint density at radius 3 is 2.75 bits per heavy atom. The molecule has 0 unspecified atom stereocenters. The first-order valence-corrected chi connectivity index (χ1v) is 9.38. The van der Waals surface area contributed by atoms with Crippen LogP contribution in [0.25, 0.3) is 0 Å². The second-order valence-electron chi connectivity index (χ2n) is 7.33. The molecule has 8 heteroatoms. The number of nitrogens with one attached hydrogen (secondary N) is 1. The molecule has 0 saturated heterocycles. The minimum Gasteiger partial charge on any atom is -0.481 e. The van der Waals surface area contributed by atoms with Gasteiger partial charge >= 0.3 is 0 Å². The van der Waals surface area contributed by atoms with Gasteiger partial charge in [0.15, 0.2) is 23.9 Å². The fourth-order valence-electron chi connectivity index (χ4n) is 3.54. The van der Waals surface area contributed by atoms with Crippen molar-refractivity contribution in [1.82, 2.24) is 15.2 Å². The van der Waals surface area contributed by atoms with Crippen molar-refractivity contribution in [3.8, 4) is 5.75 Å². The molecule has 0 atom stereocenters. The number of rotatable bonds is 7. The second-order valence-corrected chi connectivity index (χ2v) is 7.33. The van der Waals surface area contributed by atoms with Crippen molar-refractivity contribution in [3.63, 3.8) is 0 Å². The minimum atomic E-state index is -1.08. The monoisotopic (exact) mass is 393 g/mol. The summed E-state index contributed by atoms with van der Waals surface area (Å²) in [7, 11) is 4.07. The molecule has 3 rings (SSSR count). The molecule has 1 aliphatic carbocycles. The van der Waals surface area contributed by atoms with Gasteiger partial charge < -0.3 is 19.4 Å². The van der Waals surface area contributed by atoms with Gasteiger partial charge in [-0.1, -0.05) is 25.3 Å². The molecule has 152 valence electrons. The maximum atomic E-state index is 13.6. The third-order valence-corrected chi connectivity index (χ3v) is 5.36. The average molecular weight is 393 g/mol. The summed E-state index contributed by atoms with van der Waals surface area (Å²) in [4.78, 5) is 18.7. The van der Waals surface area contributed by atoms with Gasteiger partial charge in [0.25, 0.3) is 5.91 Å². The first-order chi connectivity index (χ1) is 13.4. The van der Waals surface area contributed by atoms with Crippen molar-refractivity contribution < 1.29 is 22.7 Å². The molecule has 0 aliphatic heterocycles. The summed E-state index contributed by atoms with van der Waals surface area (Å²) in [6.45, 7) is 0.321. The van der Waals surface area contributed by atoms with E-state index in [1.54, 1.807) is 0 Å². The number of carbonyl (C=O) groups excluding carboxylic acids is 1. The van der Waals surface area contributed by atoms with Gasteiger partial charge in [0.1, 0.15) is 6.26 Å². The number of likely N-dealkylation sites (N-methyl/N-ethyl adjacent to an activating group) is 1. The molecular formula is C20H25F2N3O3. The van der Waals surface area contributed by atoms with Crippen LogP contribution in [0.5, 0.6) is 5.75 Å². The van der Waals surface area contributed by atoms with Gasteiger partial charge in [-0.05, 0) is 39.1 Å². The summed E-state index contributed by atoms with van der Waals surface area (Å²) < 4.78 is 37.2. The van der Waals surface area contributed by atoms with Gasteiger partial charge in [-0.25, -0.2) is 9.37 Å². The standard InChI is InChI=1S/C20H25F2N3O3/c1-25(2)20(9-4-3-5-10-20)13-23-19(26)15-11-28-17(24-15)12-27-16-8-6-7-14(21)18(16)22/h6-8,11H,3-5,9-10,12-13H2,1-2H3,(H,23,26). The number of benzene rings is 1. The van der Waals surface area contributed by atoms with Crippen LogP contribution < -0.4 is 10.1 Å². The molecule has 1 aromatic heterocycles. The molecule has 1 aromatic carbocycles. The minimum absolute atomic E-state index is 0.0432. The highest BCUT2D eigenvalue weighted by Gasteiger charge is 2.34. The van der Waals surface area contributed by atoms with Crippen LogP contribution >= 0.6 is 0 Å². The zero-order chi connectivity index (χ0) is 20.1. The number of nitrogens with zero attached hydrogens (tertiary/aromatic N) is 2. The van der Waals surface area contributed by atoms with Crippen molar-refractivity contribution in [2.75, 3.05) is 20.6 Å². The quantitative estimate of drug-likeness (QED) is 0.780. The Morgan fingerprint density at radius 1 is 1.29 bits per heavy atom. The van der Waals surface area contributed by atoms with Gasteiger partial charge in [-0.2, -0.15) is 4.39 Å². The number of halogens is 2. The smallest absolute Gasteiger partial charge is 0.273 e. The van der Waals surface area contributed by atoms with E-state index in [-0.39, 0.29) is 35.4 Å². The van der Waals surface area contributed by atoms with Gasteiger partial charge in [-0.3, -0.25) is 4.79 Å². The van der Waals surface area contributed by atoms with Crippen LogP contribution in [-0.2, 0) is 6.61 Å². The SMILES string of the molecule is CN(C)C1(CNC(=O)c2coc(COc3cccc(F)c3F)n2)CCCCC1. The van der Waals surface area contributed by atoms with Crippen molar-refractivity contribution in [1.29, 1.82) is 0 Å². The fourth-order valence-corrected chi connectivity index (χ4v) is 3.54. The van der Waals surface area contributed by atoms with E-state index in [1.165, 1.54) is 24.8 Å². The number of hydrogen-bond donors (Lipinski definition) is 1. The third-order valence-electron chi connectivity index (χ3n) is 5.36. The molecule has 1 amide bonds. The van der Waals surface area contributed by atoms with Crippen LogP contribution in [0.3, 0.4) is 0 Å². The topological polar surface area (TPSA) is 67.6 Å². The normalized spacial score (nSPS) is 16.2. The fraction of sp³-hybridized carbons (Fsp3) is 0.500. The van der Waals surface area contributed by atoms with Crippen LogP contribution in [0.4, 0.5) is 8.78 Å². The summed E-state index contributed by atoms with van der Waals surface area (Å²) >= 11 is 0. The first kappa shape index (κ1) is 20.3. The Hall–Kier alpha value is -2.48. The van der Waals surface area contributed by atoms with E-state index in [9.17, 15) is 13.6 Å². The molecule has 0 bridgehead atoms. The van der Waals surface area contributed by atoms with Crippen molar-refractivity contribution in [3.05, 3.63) is 47.7 Å². The van der Waals surface area contributed by atoms with E-state index in [0.717, 1.165) is 31.7 Å². The Balaban J connectivity index is 1.57. The molecule has 1 fully saturated rings. The number of hydrogen-bond acceptors (Lipinski definition) is 5. The number of carbonyl (C=O) groups is 1. The lowest BCUT2D eigenvalue weighted by Crippen LogP contribution is -2.53. The third kappa shape index (κ3) is 4.49. The van der Waals surface area contributed by atoms with Gasteiger partial charge in [0, 0.05) is 12.1 Å². The van der Waals surface area contributed by atoms with E-state index in [1.807, 2.05) is 14.1 Å². The lowest BCUT2D eigenvalue weighted by atomic mass is 9.80. The van der Waals surface area contributed by atoms with Gasteiger partial charge in [0.05, 0.1) is 0 Å². The second kappa shape index (κ2) is 8.68. The number of ether oxygens (including phenoxy) is 1. The highest BCUT2D eigenvalue weighted by atomic mass is 19.2. The highest BCUT2D eigenvalue weighted by Crippen LogP contribution is 2.31. The molecule has 0 radical (unpaired) electrons. The first-order valence-electron chi connectivity index (χ1n) is 9.38. The summed E-state index contributed by atoms with van der Waals surface area (Å²) in [5.41, 5.74) is 0.0846. The zero-order valence-corrected chi connectivity index (χ0v) is 16.1. The Bertz CT molecular complexity index is 817. The number of oxazole rings is 1. The molecule has 1 heterocycles. The van der Waals surface area contributed by atoms with Crippen LogP contribution in [0, 0.1) is 11.6 Å². The van der Waals surface area contributed by atoms with Crippen LogP contribution in [0.15, 0.2) is 28.9 Å². The predicted octanol–water partition coefficient (Wildman–Crippen LogP) is 3.53. The molecule has 1 aliphatic rings. The van der Waals surface area contributed by atoms with E-state index in [4.69, 9.17) is 9.15 Å². The lowest BCUT2D eigenvalue weighted by Gasteiger charge is -2.43. The van der Waals surface area contributed by atoms with Crippen LogP contribution in [-0.4, -0.2) is 42.0 Å². The molecule has 0 spiro atoms. The van der Waals surface area contributed by atoms with E-state index in [2.05, 4.69) is 15.2 Å². The molecule has 28 heavy (non-hydrogen) atoms. The maximum Gasteiger partial charge on any atom is 0.273 e. The van der Waals surface area contributed by atoms with Crippen LogP contribution in [0.1, 0.15) is 48.5 Å². The van der Waals surface area contributed by atoms with E-state index < -0.39 is 11.6 Å². The van der Waals surface area contributed by atoms with Gasteiger partial charge in [-0.15, -0.1) is 0 Å². The Morgan fingerprint density at radius 2 is 2.04 bits per heavy atom. The van der Waals surface area contributed by atoms with Gasteiger partial charge in [0.2, 0.25) is 11.7 Å². The van der Waals surface area contributed by atoms with Crippen molar-refractivity contribution in [2.24, 2.45) is 0 Å². The van der Waals surface area contributed by atoms with Crippen molar-refractivity contribution >= 4 is 5.91 Å². The summed E-state index contributed by atoms with van der Waals surface area (Å²) in [5.74, 6) is -2.54. The molecular weight excluding hydrogens is 368 g/mol. The largest absolute Gasteiger partial charge is 0.481 e. The summed E-state index contributed by atoms with van der Waals surface area (Å²) in [5, 5.41) is 2.94. The molecule has 1 N–H and O–H groups in total. The number of aromatic nitrogens is 1. The molecule has 1 saturated carbocycles. The van der Waals surface area contributed by atoms with E-state index >= 15 is 0 Å². The molecule has 6 nitrogen and oxygen atoms in total.